The van der Waals surface area contributed by atoms with Crippen molar-refractivity contribution in [3.63, 3.8) is 0 Å². The average Bonchev–Trinajstić information content (AvgIpc) is 3.10. The Morgan fingerprint density at radius 3 is 2.61 bits per heavy atom. The molecule has 8 nitrogen and oxygen atoms in total. The third kappa shape index (κ3) is 5.33. The zero-order valence-corrected chi connectivity index (χ0v) is 18.5. The zero-order valence-electron chi connectivity index (χ0n) is 19.5. The van der Waals surface area contributed by atoms with Crippen molar-refractivity contribution >= 4 is 0 Å². The molecule has 0 saturated carbocycles. The van der Waals surface area contributed by atoms with Crippen LogP contribution in [-0.2, 0) is 32.3 Å². The van der Waals surface area contributed by atoms with Gasteiger partial charge in [-0.25, -0.2) is 9.36 Å². The van der Waals surface area contributed by atoms with Crippen molar-refractivity contribution < 1.29 is 20.3 Å². The molecule has 1 aromatic heterocycles. The molecule has 1 fully saturated rings. The summed E-state index contributed by atoms with van der Waals surface area (Å²) in [4.78, 5) is 25.9. The van der Waals surface area contributed by atoms with Crippen LogP contribution in [0.5, 0.6) is 0 Å². The second-order valence-corrected chi connectivity index (χ2v) is 7.71. The lowest BCUT2D eigenvalue weighted by molar-refractivity contribution is -0.0757. The van der Waals surface area contributed by atoms with E-state index in [-0.39, 0.29) is 19.3 Å². The van der Waals surface area contributed by atoms with E-state index in [0.717, 1.165) is 10.1 Å². The summed E-state index contributed by atoms with van der Waals surface area (Å²) in [6.45, 7) is 6.18. The van der Waals surface area contributed by atoms with E-state index in [0.29, 0.717) is 18.8 Å². The van der Waals surface area contributed by atoms with Crippen LogP contribution >= 0.6 is 0 Å². The van der Waals surface area contributed by atoms with E-state index >= 15 is 0 Å². The van der Waals surface area contributed by atoms with E-state index in [1.165, 1.54) is 10.8 Å². The second-order valence-electron chi connectivity index (χ2n) is 7.71. The fourth-order valence-electron chi connectivity index (χ4n) is 3.80. The first-order valence-corrected chi connectivity index (χ1v) is 10.5. The van der Waals surface area contributed by atoms with Crippen LogP contribution in [0.2, 0.25) is 0 Å². The Hall–Kier alpha value is -2.26. The molecule has 1 aliphatic rings. The van der Waals surface area contributed by atoms with Gasteiger partial charge in [0.15, 0.2) is 6.23 Å². The van der Waals surface area contributed by atoms with Gasteiger partial charge in [0.05, 0.1) is 25.9 Å². The number of aromatic nitrogens is 2. The number of ether oxygens (including phenoxy) is 4. The zero-order chi connectivity index (χ0) is 23.3. The molecule has 0 unspecified atom stereocenters. The molecule has 3 rings (SSSR count). The van der Waals surface area contributed by atoms with Crippen LogP contribution in [0, 0.1) is 12.8 Å². The van der Waals surface area contributed by atoms with Gasteiger partial charge in [-0.3, -0.25) is 9.36 Å². The van der Waals surface area contributed by atoms with E-state index in [1.807, 2.05) is 37.3 Å². The Kier molecular flexibility index (Phi) is 7.69. The molecule has 0 N–H and O–H groups in total. The molecule has 170 valence electrons. The van der Waals surface area contributed by atoms with Gasteiger partial charge in [0.25, 0.3) is 5.56 Å². The van der Waals surface area contributed by atoms with Crippen LogP contribution in [0.25, 0.3) is 0 Å². The third-order valence-electron chi connectivity index (χ3n) is 5.51. The summed E-state index contributed by atoms with van der Waals surface area (Å²) in [6, 6.07) is 9.53. The Balaban J connectivity index is 1.88. The summed E-state index contributed by atoms with van der Waals surface area (Å²) in [6.07, 6.45) is -0.627. The van der Waals surface area contributed by atoms with Crippen molar-refractivity contribution in [3.05, 3.63) is 68.5 Å². The number of hydrogen-bond acceptors (Lipinski definition) is 6. The minimum atomic E-state index is -0.758. The maximum atomic E-state index is 13.3. The highest BCUT2D eigenvalue weighted by atomic mass is 16.6. The van der Waals surface area contributed by atoms with E-state index in [1.54, 1.807) is 21.0 Å². The second kappa shape index (κ2) is 10.9. The highest BCUT2D eigenvalue weighted by molar-refractivity contribution is 5.13. The highest BCUT2D eigenvalue weighted by Crippen LogP contribution is 2.36. The highest BCUT2D eigenvalue weighted by Gasteiger charge is 2.43. The summed E-state index contributed by atoms with van der Waals surface area (Å²) in [7, 11) is 1.59. The average molecular weight is 434 g/mol. The monoisotopic (exact) mass is 433 g/mol. The van der Waals surface area contributed by atoms with Crippen LogP contribution in [0.3, 0.4) is 0 Å². The van der Waals surface area contributed by atoms with Gasteiger partial charge in [0, 0.05) is 26.2 Å². The molecule has 5 atom stereocenters. The van der Waals surface area contributed by atoms with Gasteiger partial charge in [0.1, 0.15) is 12.8 Å². The topological polar surface area (TPSA) is 80.9 Å². The van der Waals surface area contributed by atoms with E-state index < -0.39 is 36.1 Å². The standard InChI is InChI=1S/C23H32N2O6/c1-5-19-17(3)20(30-12-11-28-4)22(31-19)24-13-16(2)21(26)25(23(24)27)15-29-14-18-9-7-6-8-10-18/h6-10,13,17,19-20,22H,5,11-12,14-15H2,1-4H3/t17-,19-,20-,22-/m1/s1/i5D/t5-,17-,19-,20-,22-. The first-order chi connectivity index (χ1) is 15.3. The maximum Gasteiger partial charge on any atom is 0.335 e. The minimum Gasteiger partial charge on any atom is -0.382 e. The number of hydrogen-bond donors (Lipinski definition) is 0. The van der Waals surface area contributed by atoms with Gasteiger partial charge in [-0.2, -0.15) is 0 Å². The fourth-order valence-corrected chi connectivity index (χ4v) is 3.80. The van der Waals surface area contributed by atoms with Crippen LogP contribution in [0.1, 0.15) is 39.0 Å². The predicted molar refractivity (Wildman–Crippen MR) is 116 cm³/mol. The molecule has 1 aliphatic heterocycles. The lowest BCUT2D eigenvalue weighted by atomic mass is 9.98. The van der Waals surface area contributed by atoms with Crippen LogP contribution in [0.4, 0.5) is 0 Å². The molecule has 0 bridgehead atoms. The Morgan fingerprint density at radius 1 is 1.19 bits per heavy atom. The Bertz CT molecular complexity index is 990. The van der Waals surface area contributed by atoms with Crippen molar-refractivity contribution in [1.29, 1.82) is 0 Å². The largest absolute Gasteiger partial charge is 0.382 e. The molecule has 8 heteroatoms. The SMILES string of the molecule is [2H][C@H](C)[C@H]1O[C@@H](n2cc(C)c(=O)n(COCc3ccccc3)c2=O)[C@H](OCCOC)[C@@H]1C. The summed E-state index contributed by atoms with van der Waals surface area (Å²) >= 11 is 0. The molecular formula is C23H32N2O6. The van der Waals surface area contributed by atoms with E-state index in [9.17, 15) is 9.59 Å². The first kappa shape index (κ1) is 22.0. The van der Waals surface area contributed by atoms with Gasteiger partial charge in [0.2, 0.25) is 0 Å². The molecule has 31 heavy (non-hydrogen) atoms. The van der Waals surface area contributed by atoms with Gasteiger partial charge in [-0.15, -0.1) is 0 Å². The Morgan fingerprint density at radius 2 is 1.94 bits per heavy atom. The Labute approximate surface area is 183 Å². The molecule has 0 amide bonds. The first-order valence-electron chi connectivity index (χ1n) is 11.1. The summed E-state index contributed by atoms with van der Waals surface area (Å²) in [5.74, 6) is -0.119. The molecule has 0 radical (unpaired) electrons. The molecule has 2 aromatic rings. The number of nitrogens with zero attached hydrogens (tertiary/aromatic N) is 2. The van der Waals surface area contributed by atoms with Gasteiger partial charge in [-0.1, -0.05) is 44.2 Å². The van der Waals surface area contributed by atoms with Crippen LogP contribution in [-0.4, -0.2) is 41.7 Å². The number of aryl methyl sites for hydroxylation is 1. The van der Waals surface area contributed by atoms with Crippen LogP contribution in [0.15, 0.2) is 46.1 Å². The molecule has 1 aromatic carbocycles. The normalized spacial score (nSPS) is 24.8. The number of methoxy groups -OCH3 is 1. The molecule has 2 heterocycles. The van der Waals surface area contributed by atoms with Crippen molar-refractivity contribution in [3.8, 4) is 0 Å². The van der Waals surface area contributed by atoms with E-state index in [2.05, 4.69) is 0 Å². The van der Waals surface area contributed by atoms with Gasteiger partial charge < -0.3 is 18.9 Å². The van der Waals surface area contributed by atoms with Gasteiger partial charge in [-0.05, 0) is 18.9 Å². The number of rotatable bonds is 10. The fraction of sp³-hybridized carbons (Fsp3) is 0.565. The van der Waals surface area contributed by atoms with E-state index in [4.69, 9.17) is 20.3 Å². The summed E-state index contributed by atoms with van der Waals surface area (Å²) in [5, 5.41) is 0. The lowest BCUT2D eigenvalue weighted by Crippen LogP contribution is -2.44. The third-order valence-corrected chi connectivity index (χ3v) is 5.51. The minimum absolute atomic E-state index is 0.119. The summed E-state index contributed by atoms with van der Waals surface area (Å²) < 4.78 is 33.4. The van der Waals surface area contributed by atoms with Gasteiger partial charge >= 0.3 is 5.69 Å². The quantitative estimate of drug-likeness (QED) is 0.536. The predicted octanol–water partition coefficient (Wildman–Crippen LogP) is 2.47. The maximum absolute atomic E-state index is 13.3. The lowest BCUT2D eigenvalue weighted by Gasteiger charge is -2.24. The summed E-state index contributed by atoms with van der Waals surface area (Å²) in [5.41, 5.74) is 0.389. The molecular weight excluding hydrogens is 400 g/mol. The molecule has 1 saturated heterocycles. The molecule has 0 spiro atoms. The van der Waals surface area contributed by atoms with Crippen LogP contribution < -0.4 is 11.2 Å². The van der Waals surface area contributed by atoms with Crippen molar-refractivity contribution in [1.82, 2.24) is 9.13 Å². The van der Waals surface area contributed by atoms with Crippen molar-refractivity contribution in [2.75, 3.05) is 20.3 Å². The smallest absolute Gasteiger partial charge is 0.335 e. The molecule has 0 aliphatic carbocycles. The van der Waals surface area contributed by atoms with Crippen molar-refractivity contribution in [2.24, 2.45) is 5.92 Å². The van der Waals surface area contributed by atoms with Crippen molar-refractivity contribution in [2.45, 2.75) is 58.9 Å². The number of benzene rings is 1.